The zero-order chi connectivity index (χ0) is 15.5. The summed E-state index contributed by atoms with van der Waals surface area (Å²) in [6, 6.07) is 4.07. The summed E-state index contributed by atoms with van der Waals surface area (Å²) < 4.78 is 24.7. The summed E-state index contributed by atoms with van der Waals surface area (Å²) >= 11 is 0. The van der Waals surface area contributed by atoms with Gasteiger partial charge in [-0.1, -0.05) is 0 Å². The minimum absolute atomic E-state index is 0.0481. The maximum Gasteiger partial charge on any atom is 0.251 e. The smallest absolute Gasteiger partial charge is 0.251 e. The van der Waals surface area contributed by atoms with Gasteiger partial charge in [-0.25, -0.2) is 12.7 Å². The molecule has 1 rings (SSSR count). The molecule has 1 amide bonds. The number of nitrogens with one attached hydrogen (secondary N) is 1. The van der Waals surface area contributed by atoms with Crippen LogP contribution in [0.4, 0.5) is 0 Å². The summed E-state index contributed by atoms with van der Waals surface area (Å²) in [6.45, 7) is 1.28. The molecule has 0 aliphatic heterocycles. The lowest BCUT2D eigenvalue weighted by Gasteiger charge is -2.15. The first-order valence-corrected chi connectivity index (χ1v) is 7.14. The molecule has 1 aromatic carbocycles. The number of nitrogens with zero attached hydrogens (tertiary/aromatic N) is 1. The summed E-state index contributed by atoms with van der Waals surface area (Å²) in [4.78, 5) is 22.3. The van der Waals surface area contributed by atoms with Crippen LogP contribution in [0.5, 0.6) is 0 Å². The molecule has 0 spiro atoms. The Morgan fingerprint density at radius 3 is 2.10 bits per heavy atom. The predicted octanol–water partition coefficient (Wildman–Crippen LogP) is -1.19. The molecule has 0 radical (unpaired) electrons. The molecule has 0 aromatic heterocycles. The third kappa shape index (κ3) is 3.55. The number of carbonyl (C=O) groups is 2. The normalized spacial score (nSPS) is 13.0. The Bertz CT molecular complexity index is 607. The highest BCUT2D eigenvalue weighted by atomic mass is 32.2. The number of rotatable bonds is 5. The van der Waals surface area contributed by atoms with Crippen molar-refractivity contribution >= 4 is 21.9 Å². The first kappa shape index (κ1) is 16.1. The highest BCUT2D eigenvalue weighted by Gasteiger charge is 2.18. The Morgan fingerprint density at radius 1 is 1.20 bits per heavy atom. The van der Waals surface area contributed by atoms with Crippen molar-refractivity contribution in [2.75, 3.05) is 14.1 Å². The standard InChI is InChI=1S/C12H16N2O5S/c1-8(12(16)17)13-11(15)9-4-6-10(7-5-9)20(18,19)14(2)3/h4-8H,1-3H3,(H,13,15)(H,16,17)/p-1/t8-/m0/s1. The van der Waals surface area contributed by atoms with Crippen LogP contribution in [0.1, 0.15) is 17.3 Å². The summed E-state index contributed by atoms with van der Waals surface area (Å²) in [5.41, 5.74) is 0.163. The van der Waals surface area contributed by atoms with E-state index in [1.54, 1.807) is 0 Å². The Labute approximate surface area is 117 Å². The van der Waals surface area contributed by atoms with Crippen LogP contribution < -0.4 is 10.4 Å². The van der Waals surface area contributed by atoms with Crippen molar-refractivity contribution in [3.63, 3.8) is 0 Å². The minimum Gasteiger partial charge on any atom is -0.548 e. The molecule has 8 heteroatoms. The van der Waals surface area contributed by atoms with Gasteiger partial charge in [0.1, 0.15) is 0 Å². The van der Waals surface area contributed by atoms with E-state index in [1.165, 1.54) is 45.3 Å². The number of amides is 1. The molecule has 0 heterocycles. The topological polar surface area (TPSA) is 107 Å². The van der Waals surface area contributed by atoms with Gasteiger partial charge in [0, 0.05) is 19.7 Å². The van der Waals surface area contributed by atoms with Crippen LogP contribution in [0, 0.1) is 0 Å². The number of sulfonamides is 1. The molecule has 0 saturated heterocycles. The average molecular weight is 299 g/mol. The van der Waals surface area contributed by atoms with Gasteiger partial charge in [0.25, 0.3) is 5.91 Å². The van der Waals surface area contributed by atoms with E-state index < -0.39 is 27.9 Å². The third-order valence-electron chi connectivity index (χ3n) is 2.60. The van der Waals surface area contributed by atoms with Crippen molar-refractivity contribution < 1.29 is 23.1 Å². The zero-order valence-corrected chi connectivity index (χ0v) is 12.1. The van der Waals surface area contributed by atoms with Crippen LogP contribution in [-0.2, 0) is 14.8 Å². The molecule has 0 saturated carbocycles. The van der Waals surface area contributed by atoms with Crippen molar-refractivity contribution in [3.05, 3.63) is 29.8 Å². The highest BCUT2D eigenvalue weighted by Crippen LogP contribution is 2.14. The van der Waals surface area contributed by atoms with Crippen LogP contribution in [0.25, 0.3) is 0 Å². The number of aliphatic carboxylic acids is 1. The quantitative estimate of drug-likeness (QED) is 0.735. The maximum atomic E-state index is 11.8. The van der Waals surface area contributed by atoms with E-state index in [2.05, 4.69) is 5.32 Å². The van der Waals surface area contributed by atoms with Gasteiger partial charge in [-0.05, 0) is 31.2 Å². The first-order valence-electron chi connectivity index (χ1n) is 5.70. The third-order valence-corrected chi connectivity index (χ3v) is 4.43. The Balaban J connectivity index is 2.92. The summed E-state index contributed by atoms with van der Waals surface area (Å²) in [5, 5.41) is 12.7. The van der Waals surface area contributed by atoms with Crippen LogP contribution in [-0.4, -0.2) is 44.7 Å². The van der Waals surface area contributed by atoms with E-state index in [-0.39, 0.29) is 10.5 Å². The van der Waals surface area contributed by atoms with Crippen LogP contribution in [0.15, 0.2) is 29.2 Å². The van der Waals surface area contributed by atoms with E-state index in [4.69, 9.17) is 0 Å². The fraction of sp³-hybridized carbons (Fsp3) is 0.333. The minimum atomic E-state index is -3.56. The fourth-order valence-electron chi connectivity index (χ4n) is 1.33. The monoisotopic (exact) mass is 299 g/mol. The lowest BCUT2D eigenvalue weighted by atomic mass is 10.2. The van der Waals surface area contributed by atoms with Gasteiger partial charge in [0.2, 0.25) is 10.0 Å². The molecule has 1 aromatic rings. The van der Waals surface area contributed by atoms with Gasteiger partial charge in [-0.15, -0.1) is 0 Å². The molecule has 0 bridgehead atoms. The second kappa shape index (κ2) is 6.02. The van der Waals surface area contributed by atoms with Crippen molar-refractivity contribution in [3.8, 4) is 0 Å². The number of benzene rings is 1. The Morgan fingerprint density at radius 2 is 1.70 bits per heavy atom. The molecule has 110 valence electrons. The maximum absolute atomic E-state index is 11.8. The number of carboxylic acid groups (broad SMARTS) is 1. The summed E-state index contributed by atoms with van der Waals surface area (Å²) in [5.74, 6) is -2.01. The molecule has 0 aliphatic carbocycles. The van der Waals surface area contributed by atoms with E-state index >= 15 is 0 Å². The number of hydrogen-bond donors (Lipinski definition) is 1. The predicted molar refractivity (Wildman–Crippen MR) is 69.3 cm³/mol. The van der Waals surface area contributed by atoms with Crippen molar-refractivity contribution in [1.82, 2.24) is 9.62 Å². The molecule has 1 atom stereocenters. The first-order chi connectivity index (χ1) is 9.16. The molecule has 1 N–H and O–H groups in total. The Kier molecular flexibility index (Phi) is 4.85. The number of carbonyl (C=O) groups excluding carboxylic acids is 2. The summed E-state index contributed by atoms with van der Waals surface area (Å²) in [6.07, 6.45) is 0. The van der Waals surface area contributed by atoms with Gasteiger partial charge < -0.3 is 15.2 Å². The lowest BCUT2D eigenvalue weighted by Crippen LogP contribution is -2.45. The van der Waals surface area contributed by atoms with Gasteiger partial charge in [-0.3, -0.25) is 4.79 Å². The van der Waals surface area contributed by atoms with E-state index in [0.717, 1.165) is 4.31 Å². The molecule has 20 heavy (non-hydrogen) atoms. The van der Waals surface area contributed by atoms with Gasteiger partial charge in [-0.2, -0.15) is 0 Å². The zero-order valence-electron chi connectivity index (χ0n) is 11.3. The lowest BCUT2D eigenvalue weighted by molar-refractivity contribution is -0.307. The number of carboxylic acids is 1. The largest absolute Gasteiger partial charge is 0.548 e. The molecule has 0 unspecified atom stereocenters. The second-order valence-electron chi connectivity index (χ2n) is 4.33. The Hall–Kier alpha value is -1.93. The van der Waals surface area contributed by atoms with Crippen LogP contribution >= 0.6 is 0 Å². The number of hydrogen-bond acceptors (Lipinski definition) is 5. The van der Waals surface area contributed by atoms with E-state index in [9.17, 15) is 23.1 Å². The second-order valence-corrected chi connectivity index (χ2v) is 6.48. The van der Waals surface area contributed by atoms with E-state index in [1.807, 2.05) is 0 Å². The fourth-order valence-corrected chi connectivity index (χ4v) is 2.23. The molecular weight excluding hydrogens is 284 g/mol. The van der Waals surface area contributed by atoms with E-state index in [0.29, 0.717) is 0 Å². The average Bonchev–Trinajstić information content (AvgIpc) is 2.38. The SMILES string of the molecule is C[C@H](NC(=O)c1ccc(S(=O)(=O)N(C)C)cc1)C(=O)[O-]. The summed E-state index contributed by atoms with van der Waals surface area (Å²) in [7, 11) is -0.758. The van der Waals surface area contributed by atoms with Gasteiger partial charge >= 0.3 is 0 Å². The highest BCUT2D eigenvalue weighted by molar-refractivity contribution is 7.89. The molecular formula is C12H15N2O5S-. The van der Waals surface area contributed by atoms with Crippen molar-refractivity contribution in [2.24, 2.45) is 0 Å². The molecule has 7 nitrogen and oxygen atoms in total. The van der Waals surface area contributed by atoms with Crippen molar-refractivity contribution in [1.29, 1.82) is 0 Å². The van der Waals surface area contributed by atoms with Crippen LogP contribution in [0.3, 0.4) is 0 Å². The molecule has 0 fully saturated rings. The molecule has 0 aliphatic rings. The van der Waals surface area contributed by atoms with Gasteiger partial charge in [0.15, 0.2) is 0 Å². The van der Waals surface area contributed by atoms with Crippen molar-refractivity contribution in [2.45, 2.75) is 17.9 Å². The van der Waals surface area contributed by atoms with Gasteiger partial charge in [0.05, 0.1) is 16.9 Å². The van der Waals surface area contributed by atoms with Crippen LogP contribution in [0.2, 0.25) is 0 Å².